The highest BCUT2D eigenvalue weighted by molar-refractivity contribution is 6.06. The molecular formula is C27H21FN4O3. The van der Waals surface area contributed by atoms with Crippen LogP contribution in [0.25, 0.3) is 23.0 Å². The van der Waals surface area contributed by atoms with Crippen molar-refractivity contribution >= 4 is 23.6 Å². The second-order valence-electron chi connectivity index (χ2n) is 7.98. The van der Waals surface area contributed by atoms with Crippen molar-refractivity contribution in [3.8, 4) is 22.7 Å². The van der Waals surface area contributed by atoms with Gasteiger partial charge in [0.2, 0.25) is 0 Å². The maximum Gasteiger partial charge on any atom is 0.260 e. The molecule has 1 aliphatic heterocycles. The van der Waals surface area contributed by atoms with Crippen LogP contribution >= 0.6 is 0 Å². The Balaban J connectivity index is 1.50. The zero-order valence-electron chi connectivity index (χ0n) is 18.5. The molecule has 0 fully saturated rings. The summed E-state index contributed by atoms with van der Waals surface area (Å²) in [5.41, 5.74) is 8.81. The van der Waals surface area contributed by atoms with E-state index in [2.05, 4.69) is 5.10 Å². The highest BCUT2D eigenvalue weighted by atomic mass is 19.1. The number of hydrogen-bond donors (Lipinski definition) is 1. The number of fused-ring (bicyclic) bond motifs is 1. The van der Waals surface area contributed by atoms with Crippen LogP contribution in [0.3, 0.4) is 0 Å². The van der Waals surface area contributed by atoms with E-state index in [0.29, 0.717) is 28.3 Å². The third-order valence-corrected chi connectivity index (χ3v) is 5.64. The molecule has 35 heavy (non-hydrogen) atoms. The number of rotatable bonds is 5. The molecule has 0 aliphatic carbocycles. The van der Waals surface area contributed by atoms with E-state index in [9.17, 15) is 14.0 Å². The van der Waals surface area contributed by atoms with Gasteiger partial charge in [0.25, 0.3) is 11.8 Å². The number of ether oxygens (including phenoxy) is 1. The van der Waals surface area contributed by atoms with Gasteiger partial charge in [-0.3, -0.25) is 9.59 Å². The van der Waals surface area contributed by atoms with E-state index in [0.717, 1.165) is 5.69 Å². The van der Waals surface area contributed by atoms with Gasteiger partial charge in [-0.15, -0.1) is 0 Å². The summed E-state index contributed by atoms with van der Waals surface area (Å²) in [4.78, 5) is 26.5. The number of nitrogens with zero attached hydrogens (tertiary/aromatic N) is 3. The molecule has 1 atom stereocenters. The number of anilines is 1. The van der Waals surface area contributed by atoms with Gasteiger partial charge in [0.05, 0.1) is 23.6 Å². The monoisotopic (exact) mass is 468 g/mol. The van der Waals surface area contributed by atoms with Gasteiger partial charge in [-0.05, 0) is 54.6 Å². The lowest BCUT2D eigenvalue weighted by Crippen LogP contribution is -2.49. The van der Waals surface area contributed by atoms with Crippen molar-refractivity contribution in [3.63, 3.8) is 0 Å². The van der Waals surface area contributed by atoms with Crippen molar-refractivity contribution in [2.45, 2.75) is 6.10 Å². The second kappa shape index (κ2) is 9.26. The summed E-state index contributed by atoms with van der Waals surface area (Å²) in [7, 11) is 0. The smallest absolute Gasteiger partial charge is 0.260 e. The number of primary amides is 1. The molecule has 1 unspecified atom stereocenters. The fourth-order valence-electron chi connectivity index (χ4n) is 3.90. The first kappa shape index (κ1) is 22.1. The Hall–Kier alpha value is -4.72. The summed E-state index contributed by atoms with van der Waals surface area (Å²) in [6.45, 7) is 0.00359. The highest BCUT2D eigenvalue weighted by Crippen LogP contribution is 2.33. The van der Waals surface area contributed by atoms with Crippen LogP contribution in [0.2, 0.25) is 0 Å². The Kier molecular flexibility index (Phi) is 5.85. The SMILES string of the molecule is NC(=O)C1CN(C(=O)C=Cc2cn(-c3ccccc3)nc2-c2ccc(F)cc2)c2ccccc2O1. The predicted molar refractivity (Wildman–Crippen MR) is 130 cm³/mol. The maximum atomic E-state index is 13.5. The summed E-state index contributed by atoms with van der Waals surface area (Å²) in [6, 6.07) is 22.5. The van der Waals surface area contributed by atoms with E-state index in [-0.39, 0.29) is 18.3 Å². The summed E-state index contributed by atoms with van der Waals surface area (Å²) in [6.07, 6.45) is 3.93. The first-order chi connectivity index (χ1) is 17.0. The number of amides is 2. The van der Waals surface area contributed by atoms with Gasteiger partial charge in [0, 0.05) is 23.4 Å². The number of nitrogens with two attached hydrogens (primary N) is 1. The Labute approximate surface area is 200 Å². The summed E-state index contributed by atoms with van der Waals surface area (Å²) >= 11 is 0. The topological polar surface area (TPSA) is 90.5 Å². The Bertz CT molecular complexity index is 1410. The van der Waals surface area contributed by atoms with Gasteiger partial charge in [0.15, 0.2) is 6.10 Å². The Morgan fingerprint density at radius 2 is 1.71 bits per heavy atom. The molecule has 0 spiro atoms. The number of hydrogen-bond acceptors (Lipinski definition) is 4. The van der Waals surface area contributed by atoms with E-state index in [1.165, 1.54) is 23.1 Å². The lowest BCUT2D eigenvalue weighted by molar-refractivity contribution is -0.125. The molecule has 4 aromatic rings. The average Bonchev–Trinajstić information content (AvgIpc) is 3.32. The van der Waals surface area contributed by atoms with Gasteiger partial charge >= 0.3 is 0 Å². The van der Waals surface area contributed by atoms with Crippen LogP contribution in [0.1, 0.15) is 5.56 Å². The molecule has 0 saturated carbocycles. The first-order valence-corrected chi connectivity index (χ1v) is 11.0. The van der Waals surface area contributed by atoms with Crippen LogP contribution in [0, 0.1) is 5.82 Å². The molecule has 7 nitrogen and oxygen atoms in total. The largest absolute Gasteiger partial charge is 0.477 e. The molecule has 2 amide bonds. The van der Waals surface area contributed by atoms with Crippen molar-refractivity contribution in [1.29, 1.82) is 0 Å². The molecule has 8 heteroatoms. The highest BCUT2D eigenvalue weighted by Gasteiger charge is 2.31. The molecular weight excluding hydrogens is 447 g/mol. The van der Waals surface area contributed by atoms with Gasteiger partial charge < -0.3 is 15.4 Å². The summed E-state index contributed by atoms with van der Waals surface area (Å²) in [5.74, 6) is -0.930. The minimum absolute atomic E-state index is 0.00359. The van der Waals surface area contributed by atoms with Crippen molar-refractivity contribution in [2.75, 3.05) is 11.4 Å². The van der Waals surface area contributed by atoms with E-state index < -0.39 is 12.0 Å². The molecule has 1 aromatic heterocycles. The minimum Gasteiger partial charge on any atom is -0.477 e. The lowest BCUT2D eigenvalue weighted by atomic mass is 10.1. The van der Waals surface area contributed by atoms with Crippen LogP contribution in [0.5, 0.6) is 5.75 Å². The number of carbonyl (C=O) groups is 2. The predicted octanol–water partition coefficient (Wildman–Crippen LogP) is 3.97. The van der Waals surface area contributed by atoms with E-state index >= 15 is 0 Å². The van der Waals surface area contributed by atoms with E-state index in [1.807, 2.05) is 30.3 Å². The van der Waals surface area contributed by atoms with Crippen LogP contribution in [-0.2, 0) is 9.59 Å². The summed E-state index contributed by atoms with van der Waals surface area (Å²) in [5, 5.41) is 4.68. The molecule has 2 heterocycles. The number of halogens is 1. The first-order valence-electron chi connectivity index (χ1n) is 11.0. The fraction of sp³-hybridized carbons (Fsp3) is 0.0741. The third-order valence-electron chi connectivity index (χ3n) is 5.64. The number of benzene rings is 3. The number of para-hydroxylation sites is 3. The third kappa shape index (κ3) is 4.54. The van der Waals surface area contributed by atoms with Gasteiger partial charge in [0.1, 0.15) is 11.6 Å². The Morgan fingerprint density at radius 3 is 2.46 bits per heavy atom. The molecule has 0 radical (unpaired) electrons. The van der Waals surface area contributed by atoms with Crippen LogP contribution in [0.4, 0.5) is 10.1 Å². The standard InChI is InChI=1S/C27H21FN4O3/c28-20-13-10-18(11-14-20)26-19(16-32(30-26)21-6-2-1-3-7-21)12-15-25(33)31-17-24(27(29)34)35-23-9-5-4-8-22(23)31/h1-16,24H,17H2,(H2,29,34). The van der Waals surface area contributed by atoms with Crippen molar-refractivity contribution in [3.05, 3.63) is 103 Å². The van der Waals surface area contributed by atoms with Crippen molar-refractivity contribution in [2.24, 2.45) is 5.73 Å². The number of aromatic nitrogens is 2. The second-order valence-corrected chi connectivity index (χ2v) is 7.98. The molecule has 174 valence electrons. The van der Waals surface area contributed by atoms with Crippen LogP contribution < -0.4 is 15.4 Å². The molecule has 5 rings (SSSR count). The van der Waals surface area contributed by atoms with Gasteiger partial charge in [-0.25, -0.2) is 9.07 Å². The van der Waals surface area contributed by atoms with E-state index in [4.69, 9.17) is 10.5 Å². The lowest BCUT2D eigenvalue weighted by Gasteiger charge is -2.32. The minimum atomic E-state index is -0.946. The van der Waals surface area contributed by atoms with Crippen LogP contribution in [0.15, 0.2) is 91.1 Å². The number of carbonyl (C=O) groups excluding carboxylic acids is 2. The molecule has 0 bridgehead atoms. The van der Waals surface area contributed by atoms with Crippen molar-refractivity contribution in [1.82, 2.24) is 9.78 Å². The molecule has 0 saturated heterocycles. The van der Waals surface area contributed by atoms with Crippen molar-refractivity contribution < 1.29 is 18.7 Å². The quantitative estimate of drug-likeness (QED) is 0.449. The van der Waals surface area contributed by atoms with Gasteiger partial charge in [-0.2, -0.15) is 5.10 Å². The van der Waals surface area contributed by atoms with Crippen LogP contribution in [-0.4, -0.2) is 34.2 Å². The molecule has 1 aliphatic rings. The average molecular weight is 468 g/mol. The zero-order valence-corrected chi connectivity index (χ0v) is 18.5. The maximum absolute atomic E-state index is 13.5. The normalized spacial score (nSPS) is 15.0. The summed E-state index contributed by atoms with van der Waals surface area (Å²) < 4.78 is 20.9. The molecule has 2 N–H and O–H groups in total. The van der Waals surface area contributed by atoms with Gasteiger partial charge in [-0.1, -0.05) is 30.3 Å². The fourth-order valence-corrected chi connectivity index (χ4v) is 3.90. The van der Waals surface area contributed by atoms with E-state index in [1.54, 1.807) is 53.4 Å². The zero-order chi connectivity index (χ0) is 24.4. The molecule has 3 aromatic carbocycles. The Morgan fingerprint density at radius 1 is 1.00 bits per heavy atom.